The molecule has 0 spiro atoms. The van der Waals surface area contributed by atoms with Crippen LogP contribution in [0.3, 0.4) is 0 Å². The number of unbranched alkanes of at least 4 members (excludes halogenated alkanes) is 9. The van der Waals surface area contributed by atoms with Crippen LogP contribution in [0.2, 0.25) is 0 Å². The monoisotopic (exact) mass is 805 g/mol. The van der Waals surface area contributed by atoms with E-state index in [0.717, 1.165) is 51.4 Å². The summed E-state index contributed by atoms with van der Waals surface area (Å²) >= 11 is 0. The van der Waals surface area contributed by atoms with Crippen LogP contribution in [0.15, 0.2) is 85.1 Å². The van der Waals surface area contributed by atoms with E-state index in [-0.39, 0.29) is 26.1 Å². The van der Waals surface area contributed by atoms with Gasteiger partial charge in [-0.05, 0) is 89.9 Å². The number of esters is 2. The minimum absolute atomic E-state index is 0.0109. The maximum atomic E-state index is 12.7. The zero-order chi connectivity index (χ0) is 41.4. The van der Waals surface area contributed by atoms with Gasteiger partial charge < -0.3 is 18.9 Å². The summed E-state index contributed by atoms with van der Waals surface area (Å²) in [5.74, 6) is -0.919. The molecule has 0 heterocycles. The fraction of sp³-hybridized carbons (Fsp3) is 0.652. The lowest BCUT2D eigenvalue weighted by Crippen LogP contribution is -2.37. The summed E-state index contributed by atoms with van der Waals surface area (Å²) < 4.78 is 34.1. The smallest absolute Gasteiger partial charge is 0.462 e. The molecule has 2 atom stereocenters. The quantitative estimate of drug-likeness (QED) is 0.0217. The Bertz CT molecular complexity index is 1230. The van der Waals surface area contributed by atoms with Crippen LogP contribution in [0.25, 0.3) is 0 Å². The maximum absolute atomic E-state index is 12.7. The molecule has 0 aromatic rings. The minimum Gasteiger partial charge on any atom is -0.462 e. The SMILES string of the molecule is CCCCC/C=C\C/C=C\C/C=C\C/C=C\CCCC(=O)O[C@H](COC(=O)CCCC/C=C\C/C=C\C/C=C\CCCCC)COP(=O)(O)OCC[N+](C)(C)C. The van der Waals surface area contributed by atoms with Gasteiger partial charge in [0, 0.05) is 12.8 Å². The van der Waals surface area contributed by atoms with Crippen molar-refractivity contribution in [3.05, 3.63) is 85.1 Å². The molecule has 10 heteroatoms. The second-order valence-corrected chi connectivity index (χ2v) is 16.5. The zero-order valence-corrected chi connectivity index (χ0v) is 36.7. The van der Waals surface area contributed by atoms with Crippen molar-refractivity contribution >= 4 is 19.8 Å². The number of quaternary nitrogens is 1. The molecule has 0 aromatic carbocycles. The highest BCUT2D eigenvalue weighted by Crippen LogP contribution is 2.43. The van der Waals surface area contributed by atoms with E-state index in [4.69, 9.17) is 18.5 Å². The average molecular weight is 805 g/mol. The summed E-state index contributed by atoms with van der Waals surface area (Å²) in [7, 11) is 1.41. The Morgan fingerprint density at radius 3 is 1.41 bits per heavy atom. The van der Waals surface area contributed by atoms with Crippen molar-refractivity contribution in [3.8, 4) is 0 Å². The molecule has 0 fully saturated rings. The summed E-state index contributed by atoms with van der Waals surface area (Å²) in [6, 6.07) is 0. The first-order valence-corrected chi connectivity index (χ1v) is 22.8. The largest absolute Gasteiger partial charge is 0.472 e. The Morgan fingerprint density at radius 1 is 0.554 bits per heavy atom. The van der Waals surface area contributed by atoms with Crippen molar-refractivity contribution in [3.63, 3.8) is 0 Å². The van der Waals surface area contributed by atoms with Crippen LogP contribution in [0.1, 0.15) is 142 Å². The summed E-state index contributed by atoms with van der Waals surface area (Å²) in [5, 5.41) is 0. The fourth-order valence-corrected chi connectivity index (χ4v) is 5.75. The molecule has 1 N–H and O–H groups in total. The van der Waals surface area contributed by atoms with Gasteiger partial charge in [0.2, 0.25) is 0 Å². The van der Waals surface area contributed by atoms with Crippen molar-refractivity contribution in [1.82, 2.24) is 0 Å². The molecule has 0 saturated carbocycles. The topological polar surface area (TPSA) is 108 Å². The van der Waals surface area contributed by atoms with Crippen molar-refractivity contribution in [2.24, 2.45) is 0 Å². The molecule has 1 unspecified atom stereocenters. The van der Waals surface area contributed by atoms with E-state index in [9.17, 15) is 19.0 Å². The van der Waals surface area contributed by atoms with Gasteiger partial charge >= 0.3 is 19.8 Å². The third kappa shape index (κ3) is 40.8. The standard InChI is InChI=1S/C46H78NO8P/c1-6-8-10-12-14-16-18-20-22-23-25-27-29-31-33-35-37-39-46(49)55-44(43-54-56(50,51)53-41-40-47(3,4)5)42-52-45(48)38-36-34-32-30-28-26-24-21-19-17-15-13-11-9-7-2/h14-17,20-22,24-25,27-28,30-31,33,44H,6-13,18-19,23,26,29,32,34-43H2,1-5H3/p+1/b16-14-,17-15-,22-20-,24-21-,27-25-,30-28-,33-31-/t44-/m1/s1. The van der Waals surface area contributed by atoms with E-state index < -0.39 is 32.5 Å². The number of allylic oxidation sites excluding steroid dienone is 14. The number of hydrogen-bond donors (Lipinski definition) is 1. The fourth-order valence-electron chi connectivity index (χ4n) is 5.01. The normalized spacial score (nSPS) is 14.5. The lowest BCUT2D eigenvalue weighted by atomic mass is 10.1. The highest BCUT2D eigenvalue weighted by Gasteiger charge is 2.27. The van der Waals surface area contributed by atoms with Gasteiger partial charge in [0.15, 0.2) is 6.10 Å². The molecular formula is C46H79NO8P+. The van der Waals surface area contributed by atoms with Gasteiger partial charge in [-0.3, -0.25) is 18.6 Å². The molecule has 320 valence electrons. The molecule has 56 heavy (non-hydrogen) atoms. The molecule has 0 amide bonds. The number of carbonyl (C=O) groups excluding carboxylic acids is 2. The van der Waals surface area contributed by atoms with E-state index >= 15 is 0 Å². The molecule has 0 saturated heterocycles. The third-order valence-electron chi connectivity index (χ3n) is 8.40. The van der Waals surface area contributed by atoms with E-state index in [1.807, 2.05) is 27.2 Å². The number of ether oxygens (including phenoxy) is 2. The Labute approximate surface area is 341 Å². The van der Waals surface area contributed by atoms with Crippen molar-refractivity contribution in [2.75, 3.05) is 47.5 Å². The lowest BCUT2D eigenvalue weighted by Gasteiger charge is -2.24. The Kier molecular flexibility index (Phi) is 35.9. The first-order chi connectivity index (χ1) is 27.0. The van der Waals surface area contributed by atoms with E-state index in [1.165, 1.54) is 44.9 Å². The van der Waals surface area contributed by atoms with Crippen molar-refractivity contribution < 1.29 is 42.1 Å². The number of phosphoric acid groups is 1. The van der Waals surface area contributed by atoms with Crippen LogP contribution in [-0.4, -0.2) is 74.9 Å². The zero-order valence-electron chi connectivity index (χ0n) is 35.8. The van der Waals surface area contributed by atoms with Gasteiger partial charge in [0.1, 0.15) is 19.8 Å². The predicted molar refractivity (Wildman–Crippen MR) is 233 cm³/mol. The second kappa shape index (κ2) is 37.7. The number of phosphoric ester groups is 1. The molecule has 0 aliphatic rings. The molecule has 0 rings (SSSR count). The Balaban J connectivity index is 4.57. The Morgan fingerprint density at radius 2 is 0.964 bits per heavy atom. The number of hydrogen-bond acceptors (Lipinski definition) is 7. The van der Waals surface area contributed by atoms with Crippen LogP contribution in [0.4, 0.5) is 0 Å². The van der Waals surface area contributed by atoms with Crippen LogP contribution in [0.5, 0.6) is 0 Å². The summed E-state index contributed by atoms with van der Waals surface area (Å²) in [6.45, 7) is 4.22. The number of nitrogens with zero attached hydrogens (tertiary/aromatic N) is 1. The van der Waals surface area contributed by atoms with Gasteiger partial charge in [0.25, 0.3) is 0 Å². The maximum Gasteiger partial charge on any atom is 0.472 e. The van der Waals surface area contributed by atoms with Crippen molar-refractivity contribution in [1.29, 1.82) is 0 Å². The highest BCUT2D eigenvalue weighted by molar-refractivity contribution is 7.47. The lowest BCUT2D eigenvalue weighted by molar-refractivity contribution is -0.870. The Hall–Kier alpha value is -2.81. The molecule has 0 aromatic heterocycles. The minimum atomic E-state index is -4.40. The molecular weight excluding hydrogens is 725 g/mol. The predicted octanol–water partition coefficient (Wildman–Crippen LogP) is 12.0. The van der Waals surface area contributed by atoms with E-state index in [0.29, 0.717) is 30.3 Å². The third-order valence-corrected chi connectivity index (χ3v) is 9.38. The molecule has 0 radical (unpaired) electrons. The van der Waals surface area contributed by atoms with Crippen LogP contribution < -0.4 is 0 Å². The van der Waals surface area contributed by atoms with E-state index in [1.54, 1.807) is 0 Å². The summed E-state index contributed by atoms with van der Waals surface area (Å²) in [5.41, 5.74) is 0. The average Bonchev–Trinajstić information content (AvgIpc) is 3.15. The molecule has 0 aliphatic carbocycles. The second-order valence-electron chi connectivity index (χ2n) is 15.0. The first kappa shape index (κ1) is 53.2. The number of carbonyl (C=O) groups is 2. The van der Waals surface area contributed by atoms with Gasteiger partial charge in [-0.2, -0.15) is 0 Å². The highest BCUT2D eigenvalue weighted by atomic mass is 31.2. The van der Waals surface area contributed by atoms with Crippen molar-refractivity contribution in [2.45, 2.75) is 148 Å². The van der Waals surface area contributed by atoms with Gasteiger partial charge in [-0.25, -0.2) is 4.57 Å². The summed E-state index contributed by atoms with van der Waals surface area (Å²) in [4.78, 5) is 35.3. The number of likely N-dealkylation sites (N-methyl/N-ethyl adjacent to an activating group) is 1. The van der Waals surface area contributed by atoms with Crippen LogP contribution >= 0.6 is 7.82 Å². The van der Waals surface area contributed by atoms with Gasteiger partial charge in [0.05, 0.1) is 27.7 Å². The summed E-state index contributed by atoms with van der Waals surface area (Å²) in [6.07, 6.45) is 47.8. The first-order valence-electron chi connectivity index (χ1n) is 21.3. The van der Waals surface area contributed by atoms with E-state index in [2.05, 4.69) is 92.8 Å². The van der Waals surface area contributed by atoms with Crippen LogP contribution in [-0.2, 0) is 32.7 Å². The van der Waals surface area contributed by atoms with Gasteiger partial charge in [-0.1, -0.05) is 125 Å². The molecule has 9 nitrogen and oxygen atoms in total. The van der Waals surface area contributed by atoms with Crippen LogP contribution in [0, 0.1) is 0 Å². The molecule has 0 bridgehead atoms. The van der Waals surface area contributed by atoms with Gasteiger partial charge in [-0.15, -0.1) is 0 Å². The molecule has 0 aliphatic heterocycles. The number of rotatable bonds is 37.